The highest BCUT2D eigenvalue weighted by molar-refractivity contribution is 5.75. The molecule has 172 valence electrons. The number of carbonyl (C=O) groups is 1. The Kier molecular flexibility index (Phi) is 6.92. The van der Waals surface area contributed by atoms with E-state index < -0.39 is 5.91 Å². The number of methoxy groups -OCH3 is 1. The van der Waals surface area contributed by atoms with Crippen LogP contribution < -0.4 is 21.2 Å². The van der Waals surface area contributed by atoms with Crippen LogP contribution in [0.2, 0.25) is 0 Å². The number of aromatic nitrogens is 4. The minimum atomic E-state index is -0.395. The predicted octanol–water partition coefficient (Wildman–Crippen LogP) is 1.96. The topological polar surface area (TPSA) is 108 Å². The molecule has 0 unspecified atom stereocenters. The largest absolute Gasteiger partial charge is 0.497 e. The van der Waals surface area contributed by atoms with E-state index in [-0.39, 0.29) is 30.8 Å². The van der Waals surface area contributed by atoms with Gasteiger partial charge in [0.15, 0.2) is 0 Å². The lowest BCUT2D eigenvalue weighted by Crippen LogP contribution is -2.36. The number of carbonyl (C=O) groups excluding carboxylic acids is 1. The van der Waals surface area contributed by atoms with Gasteiger partial charge in [-0.15, -0.1) is 0 Å². The average molecular weight is 457 g/mol. The van der Waals surface area contributed by atoms with Crippen LogP contribution in [0.1, 0.15) is 0 Å². The Morgan fingerprint density at radius 1 is 0.794 bits per heavy atom. The molecule has 2 heterocycles. The molecule has 2 aromatic heterocycles. The summed E-state index contributed by atoms with van der Waals surface area (Å²) in [5, 5.41) is 11.4. The van der Waals surface area contributed by atoms with Crippen LogP contribution in [0.4, 0.5) is 0 Å². The molecule has 34 heavy (non-hydrogen) atoms. The molecule has 0 fully saturated rings. The van der Waals surface area contributed by atoms with Gasteiger partial charge in [0.25, 0.3) is 11.1 Å². The molecular formula is C25H23N5O4. The predicted molar refractivity (Wildman–Crippen MR) is 127 cm³/mol. The van der Waals surface area contributed by atoms with Gasteiger partial charge in [0.1, 0.15) is 12.3 Å². The van der Waals surface area contributed by atoms with E-state index in [0.29, 0.717) is 17.1 Å². The first-order valence-electron chi connectivity index (χ1n) is 10.7. The summed E-state index contributed by atoms with van der Waals surface area (Å²) in [5.41, 5.74) is 2.25. The average Bonchev–Trinajstić information content (AvgIpc) is 2.87. The zero-order chi connectivity index (χ0) is 23.9. The Labute approximate surface area is 195 Å². The standard InChI is InChI=1S/C25H23N5O4/c1-34-20-9-7-19(8-10-20)22-12-14-25(33)30(28-22)17-23(31)26-15-16-29-24(32)13-11-21(27-29)18-5-3-2-4-6-18/h2-14H,15-17H2,1H3,(H,26,31). The van der Waals surface area contributed by atoms with Crippen molar-refractivity contribution < 1.29 is 9.53 Å². The fourth-order valence-electron chi connectivity index (χ4n) is 3.34. The molecule has 2 aromatic carbocycles. The third-order valence-corrected chi connectivity index (χ3v) is 5.13. The summed E-state index contributed by atoms with van der Waals surface area (Å²) in [4.78, 5) is 36.8. The van der Waals surface area contributed by atoms with Crippen LogP contribution in [0, 0.1) is 0 Å². The lowest BCUT2D eigenvalue weighted by Gasteiger charge is -2.10. The molecule has 0 aliphatic rings. The first-order valence-corrected chi connectivity index (χ1v) is 10.7. The van der Waals surface area contributed by atoms with E-state index in [2.05, 4.69) is 15.5 Å². The van der Waals surface area contributed by atoms with Crippen LogP contribution >= 0.6 is 0 Å². The fourth-order valence-corrected chi connectivity index (χ4v) is 3.34. The molecule has 0 aliphatic carbocycles. The maximum Gasteiger partial charge on any atom is 0.267 e. The number of benzene rings is 2. The number of nitrogens with one attached hydrogen (secondary N) is 1. The van der Waals surface area contributed by atoms with Crippen molar-refractivity contribution in [3.8, 4) is 28.3 Å². The van der Waals surface area contributed by atoms with Gasteiger partial charge >= 0.3 is 0 Å². The molecule has 9 nitrogen and oxygen atoms in total. The molecule has 1 amide bonds. The van der Waals surface area contributed by atoms with Crippen molar-refractivity contribution in [2.75, 3.05) is 13.7 Å². The highest BCUT2D eigenvalue weighted by Crippen LogP contribution is 2.19. The van der Waals surface area contributed by atoms with E-state index in [1.807, 2.05) is 42.5 Å². The highest BCUT2D eigenvalue weighted by Gasteiger charge is 2.09. The van der Waals surface area contributed by atoms with Crippen molar-refractivity contribution in [3.63, 3.8) is 0 Å². The molecule has 0 bridgehead atoms. The molecule has 0 saturated heterocycles. The molecule has 4 aromatic rings. The summed E-state index contributed by atoms with van der Waals surface area (Å²) in [6.07, 6.45) is 0. The first-order chi connectivity index (χ1) is 16.5. The van der Waals surface area contributed by atoms with Gasteiger partial charge in [-0.1, -0.05) is 30.3 Å². The van der Waals surface area contributed by atoms with E-state index in [1.165, 1.54) is 16.8 Å². The lowest BCUT2D eigenvalue weighted by atomic mass is 10.1. The maximum absolute atomic E-state index is 12.4. The quantitative estimate of drug-likeness (QED) is 0.433. The molecule has 9 heteroatoms. The third-order valence-electron chi connectivity index (χ3n) is 5.13. The monoisotopic (exact) mass is 457 g/mol. The molecule has 0 aliphatic heterocycles. The summed E-state index contributed by atoms with van der Waals surface area (Å²) in [6.45, 7) is 0.131. The molecule has 0 atom stereocenters. The van der Waals surface area contributed by atoms with Crippen LogP contribution in [0.15, 0.2) is 88.5 Å². The zero-order valence-corrected chi connectivity index (χ0v) is 18.5. The van der Waals surface area contributed by atoms with Crippen LogP contribution in [0.3, 0.4) is 0 Å². The third kappa shape index (κ3) is 5.44. The van der Waals surface area contributed by atoms with Gasteiger partial charge in [-0.3, -0.25) is 14.4 Å². The van der Waals surface area contributed by atoms with Crippen molar-refractivity contribution in [1.82, 2.24) is 24.9 Å². The normalized spacial score (nSPS) is 10.6. The summed E-state index contributed by atoms with van der Waals surface area (Å²) in [6, 6.07) is 22.8. The number of nitrogens with zero attached hydrogens (tertiary/aromatic N) is 4. The van der Waals surface area contributed by atoms with Gasteiger partial charge in [-0.25, -0.2) is 9.36 Å². The van der Waals surface area contributed by atoms with E-state index >= 15 is 0 Å². The molecule has 0 spiro atoms. The molecule has 0 radical (unpaired) electrons. The highest BCUT2D eigenvalue weighted by atomic mass is 16.5. The van der Waals surface area contributed by atoms with Crippen LogP contribution in [-0.2, 0) is 17.9 Å². The number of rotatable bonds is 8. The van der Waals surface area contributed by atoms with Gasteiger partial charge in [-0.2, -0.15) is 10.2 Å². The van der Waals surface area contributed by atoms with Crippen molar-refractivity contribution in [1.29, 1.82) is 0 Å². The Balaban J connectivity index is 1.39. The zero-order valence-electron chi connectivity index (χ0n) is 18.5. The Hall–Kier alpha value is -4.53. The fraction of sp³-hybridized carbons (Fsp3) is 0.160. The SMILES string of the molecule is COc1ccc(-c2ccc(=O)n(CC(=O)NCCn3nc(-c4ccccc4)ccc3=O)n2)cc1. The maximum atomic E-state index is 12.4. The second-order valence-electron chi connectivity index (χ2n) is 7.44. The Bertz CT molecular complexity index is 1400. The van der Waals surface area contributed by atoms with E-state index in [1.54, 1.807) is 31.4 Å². The molecular weight excluding hydrogens is 434 g/mol. The Morgan fingerprint density at radius 3 is 2.03 bits per heavy atom. The van der Waals surface area contributed by atoms with Crippen molar-refractivity contribution in [3.05, 3.63) is 99.6 Å². The molecule has 1 N–H and O–H groups in total. The van der Waals surface area contributed by atoms with Gasteiger partial charge in [-0.05, 0) is 36.4 Å². The molecule has 4 rings (SSSR count). The number of hydrogen-bond acceptors (Lipinski definition) is 6. The van der Waals surface area contributed by atoms with E-state index in [9.17, 15) is 14.4 Å². The first kappa shape index (κ1) is 22.7. The lowest BCUT2D eigenvalue weighted by molar-refractivity contribution is -0.121. The van der Waals surface area contributed by atoms with Gasteiger partial charge in [0, 0.05) is 29.8 Å². The van der Waals surface area contributed by atoms with Gasteiger partial charge < -0.3 is 10.1 Å². The van der Waals surface area contributed by atoms with Crippen LogP contribution in [0.5, 0.6) is 5.75 Å². The Morgan fingerprint density at radius 2 is 1.38 bits per heavy atom. The van der Waals surface area contributed by atoms with Crippen molar-refractivity contribution in [2.45, 2.75) is 13.1 Å². The van der Waals surface area contributed by atoms with Gasteiger partial charge in [0.05, 0.1) is 25.0 Å². The minimum Gasteiger partial charge on any atom is -0.497 e. The summed E-state index contributed by atoms with van der Waals surface area (Å²) in [7, 11) is 1.58. The second kappa shape index (κ2) is 10.4. The van der Waals surface area contributed by atoms with Crippen LogP contribution in [-0.4, -0.2) is 39.1 Å². The van der Waals surface area contributed by atoms with Crippen LogP contribution in [0.25, 0.3) is 22.5 Å². The number of hydrogen-bond donors (Lipinski definition) is 1. The van der Waals surface area contributed by atoms with E-state index in [0.717, 1.165) is 15.8 Å². The summed E-state index contributed by atoms with van der Waals surface area (Å²) < 4.78 is 7.56. The van der Waals surface area contributed by atoms with Crippen molar-refractivity contribution >= 4 is 5.91 Å². The summed E-state index contributed by atoms with van der Waals surface area (Å²) in [5.74, 6) is 0.313. The number of ether oxygens (including phenoxy) is 1. The second-order valence-corrected chi connectivity index (χ2v) is 7.44. The summed E-state index contributed by atoms with van der Waals surface area (Å²) >= 11 is 0. The minimum absolute atomic E-state index is 0.177. The van der Waals surface area contributed by atoms with Gasteiger partial charge in [0.2, 0.25) is 5.91 Å². The van der Waals surface area contributed by atoms with Crippen molar-refractivity contribution in [2.24, 2.45) is 0 Å². The smallest absolute Gasteiger partial charge is 0.267 e. The molecule has 0 saturated carbocycles. The number of amides is 1. The van der Waals surface area contributed by atoms with E-state index in [4.69, 9.17) is 4.74 Å².